The van der Waals surface area contributed by atoms with Crippen LogP contribution in [0.2, 0.25) is 0 Å². The third-order valence-corrected chi connectivity index (χ3v) is 3.03. The van der Waals surface area contributed by atoms with E-state index >= 15 is 0 Å². The predicted molar refractivity (Wildman–Crippen MR) is 64.0 cm³/mol. The molecule has 0 radical (unpaired) electrons. The Morgan fingerprint density at radius 3 is 2.73 bits per heavy atom. The van der Waals surface area contributed by atoms with Crippen molar-refractivity contribution < 1.29 is 5.11 Å². The number of nitrogens with zero attached hydrogens (tertiary/aromatic N) is 1. The molecule has 0 amide bonds. The van der Waals surface area contributed by atoms with Crippen LogP contribution in [-0.2, 0) is 0 Å². The Morgan fingerprint density at radius 2 is 2.20 bits per heavy atom. The Labute approximate surface area is 93.9 Å². The van der Waals surface area contributed by atoms with Gasteiger partial charge in [0, 0.05) is 12.6 Å². The molecular formula is C12H26N2O. The lowest BCUT2D eigenvalue weighted by molar-refractivity contribution is 0.216. The predicted octanol–water partition coefficient (Wildman–Crippen LogP) is 1.08. The molecule has 3 heteroatoms. The first-order chi connectivity index (χ1) is 7.26. The Bertz CT molecular complexity index is 160. The summed E-state index contributed by atoms with van der Waals surface area (Å²) < 4.78 is 0. The molecule has 1 fully saturated rings. The van der Waals surface area contributed by atoms with Crippen LogP contribution in [0.5, 0.6) is 0 Å². The summed E-state index contributed by atoms with van der Waals surface area (Å²) in [7, 11) is 2.19. The van der Waals surface area contributed by atoms with Gasteiger partial charge in [0.25, 0.3) is 0 Å². The summed E-state index contributed by atoms with van der Waals surface area (Å²) in [6.07, 6.45) is 5.03. The third-order valence-electron chi connectivity index (χ3n) is 3.03. The van der Waals surface area contributed by atoms with Crippen molar-refractivity contribution in [3.8, 4) is 0 Å². The summed E-state index contributed by atoms with van der Waals surface area (Å²) in [6, 6.07) is 0.284. The fraction of sp³-hybridized carbons (Fsp3) is 1.00. The Kier molecular flexibility index (Phi) is 6.22. The van der Waals surface area contributed by atoms with Crippen LogP contribution in [0.25, 0.3) is 0 Å². The summed E-state index contributed by atoms with van der Waals surface area (Å²) >= 11 is 0. The standard InChI is InChI=1S/C12H26N2O/c1-3-7-13-12(10-15)6-8-14(2)9-11-4-5-11/h11-13,15H,3-10H2,1-2H3. The fourth-order valence-corrected chi connectivity index (χ4v) is 1.82. The van der Waals surface area contributed by atoms with Crippen molar-refractivity contribution in [1.82, 2.24) is 10.2 Å². The Balaban J connectivity index is 2.03. The molecule has 0 bridgehead atoms. The molecule has 3 nitrogen and oxygen atoms in total. The molecule has 15 heavy (non-hydrogen) atoms. The molecular weight excluding hydrogens is 188 g/mol. The van der Waals surface area contributed by atoms with Crippen LogP contribution in [0, 0.1) is 5.92 Å². The number of rotatable bonds is 9. The van der Waals surface area contributed by atoms with Crippen molar-refractivity contribution in [2.75, 3.05) is 33.3 Å². The third kappa shape index (κ3) is 6.13. The normalized spacial score (nSPS) is 18.4. The minimum Gasteiger partial charge on any atom is -0.395 e. The summed E-state index contributed by atoms with van der Waals surface area (Å²) in [5.74, 6) is 0.964. The highest BCUT2D eigenvalue weighted by molar-refractivity contribution is 4.77. The maximum atomic E-state index is 9.18. The van der Waals surface area contributed by atoms with Crippen LogP contribution >= 0.6 is 0 Å². The van der Waals surface area contributed by atoms with Crippen LogP contribution in [0.3, 0.4) is 0 Å². The molecule has 1 aliphatic carbocycles. The maximum Gasteiger partial charge on any atom is 0.0585 e. The minimum atomic E-state index is 0.261. The SMILES string of the molecule is CCCNC(CO)CCN(C)CC1CC1. The van der Waals surface area contributed by atoms with E-state index in [0.29, 0.717) is 0 Å². The largest absolute Gasteiger partial charge is 0.395 e. The Morgan fingerprint density at radius 1 is 1.47 bits per heavy atom. The van der Waals surface area contributed by atoms with Crippen molar-refractivity contribution in [2.24, 2.45) is 5.92 Å². The zero-order chi connectivity index (χ0) is 11.1. The van der Waals surface area contributed by atoms with E-state index < -0.39 is 0 Å². The van der Waals surface area contributed by atoms with Crippen LogP contribution < -0.4 is 5.32 Å². The van der Waals surface area contributed by atoms with E-state index in [9.17, 15) is 5.11 Å². The van der Waals surface area contributed by atoms with Gasteiger partial charge in [0.1, 0.15) is 0 Å². The van der Waals surface area contributed by atoms with Crippen molar-refractivity contribution in [3.05, 3.63) is 0 Å². The second kappa shape index (κ2) is 7.20. The summed E-state index contributed by atoms with van der Waals surface area (Å²) in [6.45, 7) is 5.76. The lowest BCUT2D eigenvalue weighted by atomic mass is 10.2. The van der Waals surface area contributed by atoms with Crippen LogP contribution in [0.4, 0.5) is 0 Å². The summed E-state index contributed by atoms with van der Waals surface area (Å²) in [5.41, 5.74) is 0. The second-order valence-corrected chi connectivity index (χ2v) is 4.83. The first-order valence-corrected chi connectivity index (χ1v) is 6.29. The molecule has 1 saturated carbocycles. The van der Waals surface area contributed by atoms with E-state index in [2.05, 4.69) is 24.2 Å². The fourth-order valence-electron chi connectivity index (χ4n) is 1.82. The average Bonchev–Trinajstić information content (AvgIpc) is 3.02. The molecule has 1 atom stereocenters. The molecule has 0 spiro atoms. The lowest BCUT2D eigenvalue weighted by Gasteiger charge is -2.21. The van der Waals surface area contributed by atoms with E-state index in [1.165, 1.54) is 19.4 Å². The van der Waals surface area contributed by atoms with Crippen LogP contribution in [0.1, 0.15) is 32.6 Å². The quantitative estimate of drug-likeness (QED) is 0.603. The van der Waals surface area contributed by atoms with Gasteiger partial charge in [0.2, 0.25) is 0 Å². The van der Waals surface area contributed by atoms with Crippen molar-refractivity contribution >= 4 is 0 Å². The highest BCUT2D eigenvalue weighted by atomic mass is 16.3. The highest BCUT2D eigenvalue weighted by Crippen LogP contribution is 2.29. The number of nitrogens with one attached hydrogen (secondary N) is 1. The van der Waals surface area contributed by atoms with E-state index in [-0.39, 0.29) is 12.6 Å². The van der Waals surface area contributed by atoms with Crippen molar-refractivity contribution in [3.63, 3.8) is 0 Å². The summed E-state index contributed by atoms with van der Waals surface area (Å²) in [5, 5.41) is 12.5. The van der Waals surface area contributed by atoms with Gasteiger partial charge in [-0.3, -0.25) is 0 Å². The van der Waals surface area contributed by atoms with Crippen molar-refractivity contribution in [2.45, 2.75) is 38.6 Å². The van der Waals surface area contributed by atoms with E-state index in [4.69, 9.17) is 0 Å². The van der Waals surface area contributed by atoms with Crippen LogP contribution in [-0.4, -0.2) is 49.3 Å². The molecule has 0 aromatic heterocycles. The number of aliphatic hydroxyl groups excluding tert-OH is 1. The minimum absolute atomic E-state index is 0.261. The van der Waals surface area contributed by atoms with Gasteiger partial charge in [-0.15, -0.1) is 0 Å². The highest BCUT2D eigenvalue weighted by Gasteiger charge is 2.22. The first-order valence-electron chi connectivity index (χ1n) is 6.29. The molecule has 0 aliphatic heterocycles. The van der Waals surface area contributed by atoms with E-state index in [1.807, 2.05) is 0 Å². The zero-order valence-electron chi connectivity index (χ0n) is 10.2. The molecule has 1 aliphatic rings. The van der Waals surface area contributed by atoms with Crippen molar-refractivity contribution in [1.29, 1.82) is 0 Å². The van der Waals surface area contributed by atoms with Crippen LogP contribution in [0.15, 0.2) is 0 Å². The second-order valence-electron chi connectivity index (χ2n) is 4.83. The summed E-state index contributed by atoms with van der Waals surface area (Å²) in [4.78, 5) is 2.40. The maximum absolute atomic E-state index is 9.18. The Hall–Kier alpha value is -0.120. The molecule has 0 aromatic carbocycles. The lowest BCUT2D eigenvalue weighted by Crippen LogP contribution is -2.36. The average molecular weight is 214 g/mol. The molecule has 0 aromatic rings. The smallest absolute Gasteiger partial charge is 0.0585 e. The van der Waals surface area contributed by atoms with Gasteiger partial charge in [0.05, 0.1) is 6.61 Å². The zero-order valence-corrected chi connectivity index (χ0v) is 10.2. The van der Waals surface area contributed by atoms with Gasteiger partial charge in [-0.25, -0.2) is 0 Å². The molecule has 1 unspecified atom stereocenters. The van der Waals surface area contributed by atoms with Gasteiger partial charge in [-0.1, -0.05) is 6.92 Å². The van der Waals surface area contributed by atoms with Gasteiger partial charge in [-0.05, 0) is 51.7 Å². The van der Waals surface area contributed by atoms with Gasteiger partial charge >= 0.3 is 0 Å². The molecule has 0 saturated heterocycles. The molecule has 0 heterocycles. The van der Waals surface area contributed by atoms with E-state index in [0.717, 1.165) is 31.8 Å². The number of hydrogen-bond acceptors (Lipinski definition) is 3. The number of hydrogen-bond donors (Lipinski definition) is 2. The molecule has 90 valence electrons. The van der Waals surface area contributed by atoms with Gasteiger partial charge in [-0.2, -0.15) is 0 Å². The first kappa shape index (κ1) is 12.9. The molecule has 2 N–H and O–H groups in total. The van der Waals surface area contributed by atoms with E-state index in [1.54, 1.807) is 0 Å². The number of aliphatic hydroxyl groups is 1. The monoisotopic (exact) mass is 214 g/mol. The molecule has 1 rings (SSSR count). The van der Waals surface area contributed by atoms with Gasteiger partial charge < -0.3 is 15.3 Å². The topological polar surface area (TPSA) is 35.5 Å². The van der Waals surface area contributed by atoms with Gasteiger partial charge in [0.15, 0.2) is 0 Å².